The van der Waals surface area contributed by atoms with E-state index in [0.29, 0.717) is 15.7 Å². The van der Waals surface area contributed by atoms with Gasteiger partial charge in [-0.25, -0.2) is 4.98 Å². The van der Waals surface area contributed by atoms with E-state index in [1.165, 1.54) is 22.7 Å². The minimum absolute atomic E-state index is 0.127. The Labute approximate surface area is 153 Å². The van der Waals surface area contributed by atoms with Crippen molar-refractivity contribution >= 4 is 39.6 Å². The number of carbonyl (C=O) groups is 2. The van der Waals surface area contributed by atoms with Gasteiger partial charge in [0.1, 0.15) is 0 Å². The van der Waals surface area contributed by atoms with E-state index >= 15 is 0 Å². The maximum atomic E-state index is 12.2. The first-order valence-corrected chi connectivity index (χ1v) is 9.36. The summed E-state index contributed by atoms with van der Waals surface area (Å²) in [7, 11) is 0. The van der Waals surface area contributed by atoms with Crippen LogP contribution in [0.4, 0.5) is 5.13 Å². The second kappa shape index (κ2) is 8.00. The lowest BCUT2D eigenvalue weighted by atomic mass is 10.1. The summed E-state index contributed by atoms with van der Waals surface area (Å²) in [6.45, 7) is 1.91. The van der Waals surface area contributed by atoms with E-state index in [4.69, 9.17) is 0 Å². The number of hydrogen-bond acceptors (Lipinski definition) is 6. The zero-order valence-electron chi connectivity index (χ0n) is 13.4. The molecule has 25 heavy (non-hydrogen) atoms. The van der Waals surface area contributed by atoms with E-state index in [2.05, 4.69) is 20.6 Å². The van der Waals surface area contributed by atoms with Gasteiger partial charge in [-0.1, -0.05) is 12.1 Å². The molecule has 0 saturated carbocycles. The fourth-order valence-corrected chi connectivity index (χ4v) is 3.51. The van der Waals surface area contributed by atoms with Crippen molar-refractivity contribution in [3.8, 4) is 0 Å². The van der Waals surface area contributed by atoms with E-state index in [1.807, 2.05) is 30.5 Å². The molecular weight excluding hydrogens is 356 g/mol. The molecule has 1 unspecified atom stereocenters. The van der Waals surface area contributed by atoms with Crippen LogP contribution in [0, 0.1) is 0 Å². The Morgan fingerprint density at radius 1 is 1.24 bits per heavy atom. The van der Waals surface area contributed by atoms with Gasteiger partial charge in [-0.05, 0) is 30.0 Å². The summed E-state index contributed by atoms with van der Waals surface area (Å²) in [4.78, 5) is 33.1. The smallest absolute Gasteiger partial charge is 0.267 e. The molecule has 1 atom stereocenters. The number of aromatic nitrogens is 2. The van der Waals surface area contributed by atoms with E-state index in [1.54, 1.807) is 23.8 Å². The SMILES string of the molecule is CC(NC(=O)Cc1csc(NC(=O)c2cccs2)n1)c1cccnc1. The number of pyridine rings is 1. The van der Waals surface area contributed by atoms with Gasteiger partial charge in [-0.15, -0.1) is 22.7 Å². The summed E-state index contributed by atoms with van der Waals surface area (Å²) in [5.41, 5.74) is 1.57. The quantitative estimate of drug-likeness (QED) is 0.695. The molecule has 0 fully saturated rings. The third kappa shape index (κ3) is 4.71. The third-order valence-corrected chi connectivity index (χ3v) is 5.10. The monoisotopic (exact) mass is 372 g/mol. The molecule has 8 heteroatoms. The van der Waals surface area contributed by atoms with Crippen LogP contribution in [-0.2, 0) is 11.2 Å². The molecule has 3 aromatic rings. The molecule has 2 amide bonds. The van der Waals surface area contributed by atoms with Crippen molar-refractivity contribution in [1.82, 2.24) is 15.3 Å². The fraction of sp³-hybridized carbons (Fsp3) is 0.176. The van der Waals surface area contributed by atoms with Crippen molar-refractivity contribution in [3.05, 3.63) is 63.6 Å². The normalized spacial score (nSPS) is 11.7. The Hall–Kier alpha value is -2.58. The standard InChI is InChI=1S/C17H16N4O2S2/c1-11(12-4-2-6-18-9-12)19-15(22)8-13-10-25-17(20-13)21-16(23)14-5-3-7-24-14/h2-7,9-11H,8H2,1H3,(H,19,22)(H,20,21,23). The highest BCUT2D eigenvalue weighted by Gasteiger charge is 2.14. The van der Waals surface area contributed by atoms with Crippen LogP contribution in [0.5, 0.6) is 0 Å². The van der Waals surface area contributed by atoms with Crippen LogP contribution in [0.3, 0.4) is 0 Å². The van der Waals surface area contributed by atoms with Crippen molar-refractivity contribution in [2.75, 3.05) is 5.32 Å². The third-order valence-electron chi connectivity index (χ3n) is 3.42. The van der Waals surface area contributed by atoms with Crippen LogP contribution in [-0.4, -0.2) is 21.8 Å². The number of amides is 2. The number of thiophene rings is 1. The van der Waals surface area contributed by atoms with Gasteiger partial charge in [-0.3, -0.25) is 19.9 Å². The van der Waals surface area contributed by atoms with Gasteiger partial charge in [0.25, 0.3) is 5.91 Å². The van der Waals surface area contributed by atoms with Crippen LogP contribution < -0.4 is 10.6 Å². The highest BCUT2D eigenvalue weighted by atomic mass is 32.1. The van der Waals surface area contributed by atoms with Crippen LogP contribution in [0.25, 0.3) is 0 Å². The maximum Gasteiger partial charge on any atom is 0.267 e. The molecular formula is C17H16N4O2S2. The Morgan fingerprint density at radius 3 is 2.84 bits per heavy atom. The van der Waals surface area contributed by atoms with Crippen LogP contribution in [0.1, 0.15) is 33.9 Å². The number of thiazole rings is 1. The van der Waals surface area contributed by atoms with Crippen molar-refractivity contribution in [3.63, 3.8) is 0 Å². The number of nitrogens with zero attached hydrogens (tertiary/aromatic N) is 2. The molecule has 0 bridgehead atoms. The molecule has 2 N–H and O–H groups in total. The summed E-state index contributed by atoms with van der Waals surface area (Å²) < 4.78 is 0. The van der Waals surface area contributed by atoms with Crippen molar-refractivity contribution in [2.45, 2.75) is 19.4 Å². The molecule has 0 aliphatic rings. The molecule has 128 valence electrons. The minimum atomic E-state index is -0.189. The number of rotatable bonds is 6. The van der Waals surface area contributed by atoms with Gasteiger partial charge in [0, 0.05) is 17.8 Å². The Morgan fingerprint density at radius 2 is 2.12 bits per heavy atom. The first-order chi connectivity index (χ1) is 12.1. The molecule has 0 aliphatic heterocycles. The lowest BCUT2D eigenvalue weighted by molar-refractivity contribution is -0.121. The maximum absolute atomic E-state index is 12.2. The number of hydrogen-bond donors (Lipinski definition) is 2. The highest BCUT2D eigenvalue weighted by molar-refractivity contribution is 7.14. The van der Waals surface area contributed by atoms with Gasteiger partial charge < -0.3 is 5.32 Å². The van der Waals surface area contributed by atoms with E-state index in [0.717, 1.165) is 5.56 Å². The predicted octanol–water partition coefficient (Wildman–Crippen LogP) is 3.27. The largest absolute Gasteiger partial charge is 0.349 e. The van der Waals surface area contributed by atoms with Gasteiger partial charge >= 0.3 is 0 Å². The van der Waals surface area contributed by atoms with Crippen LogP contribution in [0.15, 0.2) is 47.4 Å². The molecule has 0 aliphatic carbocycles. The Balaban J connectivity index is 1.54. The van der Waals surface area contributed by atoms with Gasteiger partial charge in [0.05, 0.1) is 23.0 Å². The Bertz CT molecular complexity index is 847. The second-order valence-corrected chi connectivity index (χ2v) is 7.13. The molecule has 3 heterocycles. The molecule has 0 radical (unpaired) electrons. The van der Waals surface area contributed by atoms with Gasteiger partial charge in [-0.2, -0.15) is 0 Å². The zero-order valence-corrected chi connectivity index (χ0v) is 15.1. The summed E-state index contributed by atoms with van der Waals surface area (Å²) >= 11 is 2.67. The molecule has 3 rings (SSSR count). The van der Waals surface area contributed by atoms with Gasteiger partial charge in [0.15, 0.2) is 5.13 Å². The number of carbonyl (C=O) groups excluding carboxylic acids is 2. The molecule has 0 saturated heterocycles. The van der Waals surface area contributed by atoms with E-state index in [-0.39, 0.29) is 24.3 Å². The topological polar surface area (TPSA) is 84.0 Å². The fourth-order valence-electron chi connectivity index (χ4n) is 2.18. The number of anilines is 1. The van der Waals surface area contributed by atoms with E-state index in [9.17, 15) is 9.59 Å². The molecule has 0 aromatic carbocycles. The van der Waals surface area contributed by atoms with E-state index < -0.39 is 0 Å². The zero-order chi connectivity index (χ0) is 17.6. The average molecular weight is 372 g/mol. The Kier molecular flexibility index (Phi) is 5.52. The average Bonchev–Trinajstić information content (AvgIpc) is 3.27. The minimum Gasteiger partial charge on any atom is -0.349 e. The second-order valence-electron chi connectivity index (χ2n) is 5.33. The summed E-state index contributed by atoms with van der Waals surface area (Å²) in [5.74, 6) is -0.316. The molecule has 6 nitrogen and oxygen atoms in total. The number of nitrogens with one attached hydrogen (secondary N) is 2. The molecule has 0 spiro atoms. The summed E-state index contributed by atoms with van der Waals surface area (Å²) in [6, 6.07) is 7.19. The molecule has 3 aromatic heterocycles. The van der Waals surface area contributed by atoms with Gasteiger partial charge in [0.2, 0.25) is 5.91 Å². The van der Waals surface area contributed by atoms with Crippen LogP contribution in [0.2, 0.25) is 0 Å². The van der Waals surface area contributed by atoms with Crippen LogP contribution >= 0.6 is 22.7 Å². The first-order valence-electron chi connectivity index (χ1n) is 7.60. The van der Waals surface area contributed by atoms with Crippen molar-refractivity contribution in [2.24, 2.45) is 0 Å². The van der Waals surface area contributed by atoms with Crippen molar-refractivity contribution < 1.29 is 9.59 Å². The highest BCUT2D eigenvalue weighted by Crippen LogP contribution is 2.18. The lowest BCUT2D eigenvalue weighted by Crippen LogP contribution is -2.28. The summed E-state index contributed by atoms with van der Waals surface area (Å²) in [5, 5.41) is 9.77. The first kappa shape index (κ1) is 17.2. The van der Waals surface area contributed by atoms with Crippen molar-refractivity contribution in [1.29, 1.82) is 0 Å². The summed E-state index contributed by atoms with van der Waals surface area (Å²) in [6.07, 6.45) is 3.58. The predicted molar refractivity (Wildman–Crippen MR) is 98.9 cm³/mol. The lowest BCUT2D eigenvalue weighted by Gasteiger charge is -2.13.